The highest BCUT2D eigenvalue weighted by Gasteiger charge is 2.86. The molecule has 0 unspecified atom stereocenters. The van der Waals surface area contributed by atoms with Crippen molar-refractivity contribution in [2.24, 2.45) is 22.7 Å². The number of hydrogen-bond acceptors (Lipinski definition) is 5. The Balaban J connectivity index is 1.51. The topological polar surface area (TPSA) is 59.0 Å². The number of benzene rings is 1. The van der Waals surface area contributed by atoms with Gasteiger partial charge >= 0.3 is 0 Å². The Morgan fingerprint density at radius 2 is 2.09 bits per heavy atom. The smallest absolute Gasteiger partial charge is 0.165 e. The van der Waals surface area contributed by atoms with Gasteiger partial charge in [0.2, 0.25) is 0 Å². The number of piperidine rings is 1. The van der Waals surface area contributed by atoms with Crippen molar-refractivity contribution < 1.29 is 19.4 Å². The molecule has 2 aliphatic heterocycles. The van der Waals surface area contributed by atoms with Crippen LogP contribution >= 0.6 is 0 Å². The van der Waals surface area contributed by atoms with Gasteiger partial charge in [0.15, 0.2) is 11.5 Å². The Kier molecular flexibility index (Phi) is 3.55. The lowest BCUT2D eigenvalue weighted by Gasteiger charge is -2.76. The Labute approximate surface area is 190 Å². The van der Waals surface area contributed by atoms with E-state index >= 15 is 0 Å². The van der Waals surface area contributed by atoms with E-state index in [1.807, 2.05) is 13.0 Å². The van der Waals surface area contributed by atoms with Crippen LogP contribution in [0.2, 0.25) is 0 Å². The van der Waals surface area contributed by atoms with Gasteiger partial charge < -0.3 is 14.6 Å². The number of carbonyl (C=O) groups excluding carboxylic acids is 1. The lowest BCUT2D eigenvalue weighted by atomic mass is 9.30. The Hall–Kier alpha value is -1.59. The molecule has 1 saturated heterocycles. The van der Waals surface area contributed by atoms with E-state index in [-0.39, 0.29) is 28.6 Å². The normalized spacial score (nSPS) is 48.0. The van der Waals surface area contributed by atoms with Gasteiger partial charge in [-0.15, -0.1) is 0 Å². The predicted octanol–water partition coefficient (Wildman–Crippen LogP) is 3.84. The molecule has 0 amide bonds. The summed E-state index contributed by atoms with van der Waals surface area (Å²) < 4.78 is 13.3. The molecule has 32 heavy (non-hydrogen) atoms. The standard InChI is InChI=1S/C27H35NO4/c1-5-25-14-24(3)19-12-17-8-9-18(29)21-20(17)26(24,10-11-28(19)13-16-6-7-16)23(32-21)27(25,31-4)15(2)22(25)30/h8-9,15-16,19,23,29H,5-7,10-14H2,1-4H3/t15-,19-,23-,24-,25+,26+,27+/m1/s1. The molecule has 7 atom stereocenters. The van der Waals surface area contributed by atoms with Gasteiger partial charge in [-0.25, -0.2) is 0 Å². The third-order valence-electron chi connectivity index (χ3n) is 11.2. The summed E-state index contributed by atoms with van der Waals surface area (Å²) in [6, 6.07) is 4.34. The summed E-state index contributed by atoms with van der Waals surface area (Å²) in [5.74, 6) is 1.90. The number of phenolic OH excluding ortho intramolecular Hbond substituents is 1. The number of likely N-dealkylation sites (tertiary alicyclic amines) is 1. The van der Waals surface area contributed by atoms with E-state index in [2.05, 4.69) is 24.8 Å². The van der Waals surface area contributed by atoms with Crippen LogP contribution in [0.5, 0.6) is 11.5 Å². The second kappa shape index (κ2) is 5.72. The van der Waals surface area contributed by atoms with Crippen LogP contribution in [0.3, 0.4) is 0 Å². The highest BCUT2D eigenvalue weighted by Crippen LogP contribution is 2.78. The molecule has 0 aromatic heterocycles. The average molecular weight is 438 g/mol. The zero-order valence-electron chi connectivity index (χ0n) is 19.7. The van der Waals surface area contributed by atoms with E-state index < -0.39 is 11.0 Å². The fraction of sp³-hybridized carbons (Fsp3) is 0.741. The van der Waals surface area contributed by atoms with Crippen LogP contribution < -0.4 is 4.74 Å². The molecule has 1 aromatic carbocycles. The Bertz CT molecular complexity index is 1050. The maximum Gasteiger partial charge on any atom is 0.165 e. The number of ketones is 1. The fourth-order valence-corrected chi connectivity index (χ4v) is 9.71. The van der Waals surface area contributed by atoms with E-state index in [9.17, 15) is 9.90 Å². The van der Waals surface area contributed by atoms with Crippen LogP contribution in [0.15, 0.2) is 12.1 Å². The van der Waals surface area contributed by atoms with Gasteiger partial charge in [-0.05, 0) is 68.0 Å². The summed E-state index contributed by atoms with van der Waals surface area (Å²) >= 11 is 0. The Morgan fingerprint density at radius 1 is 1.31 bits per heavy atom. The lowest BCUT2D eigenvalue weighted by molar-refractivity contribution is -0.306. The van der Waals surface area contributed by atoms with Crippen molar-refractivity contribution in [1.82, 2.24) is 4.90 Å². The number of carbonyl (C=O) groups is 1. The molecule has 1 N–H and O–H groups in total. The number of aromatic hydroxyl groups is 1. The van der Waals surface area contributed by atoms with Crippen molar-refractivity contribution in [3.05, 3.63) is 23.3 Å². The lowest BCUT2D eigenvalue weighted by Crippen LogP contribution is -2.87. The fourth-order valence-electron chi connectivity index (χ4n) is 9.71. The molecule has 3 saturated carbocycles. The van der Waals surface area contributed by atoms with Crippen LogP contribution in [0.4, 0.5) is 0 Å². The summed E-state index contributed by atoms with van der Waals surface area (Å²) in [4.78, 5) is 16.4. The van der Waals surface area contributed by atoms with E-state index in [0.717, 1.165) is 38.1 Å². The molecule has 4 fully saturated rings. The molecule has 2 heterocycles. The van der Waals surface area contributed by atoms with Crippen molar-refractivity contribution in [3.63, 3.8) is 0 Å². The predicted molar refractivity (Wildman–Crippen MR) is 120 cm³/mol. The van der Waals surface area contributed by atoms with Crippen LogP contribution in [0.1, 0.15) is 64.0 Å². The van der Waals surface area contributed by atoms with Crippen molar-refractivity contribution in [2.45, 2.75) is 82.5 Å². The molecule has 4 aliphatic carbocycles. The van der Waals surface area contributed by atoms with Crippen LogP contribution in [0, 0.1) is 22.7 Å². The van der Waals surface area contributed by atoms with E-state index in [1.54, 1.807) is 7.11 Å². The number of methoxy groups -OCH3 is 1. The second-order valence-corrected chi connectivity index (χ2v) is 11.9. The molecule has 7 rings (SSSR count). The quantitative estimate of drug-likeness (QED) is 0.776. The van der Waals surface area contributed by atoms with Crippen LogP contribution in [0.25, 0.3) is 0 Å². The van der Waals surface area contributed by atoms with Crippen molar-refractivity contribution in [1.29, 1.82) is 0 Å². The minimum atomic E-state index is -0.637. The molecule has 5 nitrogen and oxygen atoms in total. The number of rotatable bonds is 4. The first-order valence-corrected chi connectivity index (χ1v) is 12.7. The molecule has 1 spiro atoms. The minimum absolute atomic E-state index is 0.0926. The molecule has 172 valence electrons. The summed E-state index contributed by atoms with van der Waals surface area (Å²) in [7, 11) is 1.78. The van der Waals surface area contributed by atoms with Gasteiger partial charge in [-0.2, -0.15) is 0 Å². The van der Waals surface area contributed by atoms with E-state index in [0.29, 0.717) is 17.6 Å². The van der Waals surface area contributed by atoms with E-state index in [4.69, 9.17) is 9.47 Å². The zero-order chi connectivity index (χ0) is 22.3. The summed E-state index contributed by atoms with van der Waals surface area (Å²) in [5.41, 5.74) is 1.10. The van der Waals surface area contributed by atoms with Crippen molar-refractivity contribution in [3.8, 4) is 11.5 Å². The van der Waals surface area contributed by atoms with Gasteiger partial charge in [-0.1, -0.05) is 26.8 Å². The highest BCUT2D eigenvalue weighted by atomic mass is 16.6. The average Bonchev–Trinajstić information content (AvgIpc) is 3.53. The summed E-state index contributed by atoms with van der Waals surface area (Å²) in [6.45, 7) is 8.88. The zero-order valence-corrected chi connectivity index (χ0v) is 19.7. The number of Topliss-reactive ketones (excluding diaryl/α,β-unsaturated/α-hetero) is 1. The van der Waals surface area contributed by atoms with Gasteiger partial charge in [0.25, 0.3) is 0 Å². The molecule has 2 bridgehead atoms. The molecule has 1 aromatic rings. The van der Waals surface area contributed by atoms with Crippen LogP contribution in [-0.2, 0) is 21.4 Å². The Morgan fingerprint density at radius 3 is 2.78 bits per heavy atom. The van der Waals surface area contributed by atoms with Gasteiger partial charge in [0.05, 0.1) is 5.41 Å². The first-order valence-electron chi connectivity index (χ1n) is 12.7. The first-order chi connectivity index (χ1) is 15.3. The maximum atomic E-state index is 13.6. The number of phenols is 1. The monoisotopic (exact) mass is 437 g/mol. The van der Waals surface area contributed by atoms with E-state index in [1.165, 1.54) is 30.5 Å². The SMILES string of the molecule is CC[C@@]12C[C@]3(C)[C@H]4Cc5ccc(O)c6c5[C@@]3(CCN4CC3CC3)[C@@H](O6)[C@@]1(OC)[C@H](C)C2=O. The van der Waals surface area contributed by atoms with Crippen LogP contribution in [-0.4, -0.2) is 53.7 Å². The second-order valence-electron chi connectivity index (χ2n) is 11.9. The van der Waals surface area contributed by atoms with Gasteiger partial charge in [0, 0.05) is 36.6 Å². The third-order valence-corrected chi connectivity index (χ3v) is 11.2. The molecular weight excluding hydrogens is 402 g/mol. The number of nitrogens with zero attached hydrogens (tertiary/aromatic N) is 1. The summed E-state index contributed by atoms with van der Waals surface area (Å²) in [5, 5.41) is 10.9. The summed E-state index contributed by atoms with van der Waals surface area (Å²) in [6.07, 6.45) is 6.09. The molecule has 5 heteroatoms. The highest BCUT2D eigenvalue weighted by molar-refractivity contribution is 5.98. The molecular formula is C27H35NO4. The van der Waals surface area contributed by atoms with Crippen molar-refractivity contribution in [2.75, 3.05) is 20.2 Å². The van der Waals surface area contributed by atoms with Crippen molar-refractivity contribution >= 4 is 5.78 Å². The molecule has 0 radical (unpaired) electrons. The maximum absolute atomic E-state index is 13.6. The largest absolute Gasteiger partial charge is 0.504 e. The number of hydrogen-bond donors (Lipinski definition) is 1. The first kappa shape index (κ1) is 19.8. The third kappa shape index (κ3) is 1.75. The number of ether oxygens (including phenoxy) is 2. The number of fused-ring (bicyclic) bond motifs is 2. The van der Waals surface area contributed by atoms with Gasteiger partial charge in [0.1, 0.15) is 17.5 Å². The van der Waals surface area contributed by atoms with Gasteiger partial charge in [-0.3, -0.25) is 9.69 Å². The minimum Gasteiger partial charge on any atom is -0.504 e. The molecule has 6 aliphatic rings.